The van der Waals surface area contributed by atoms with Gasteiger partial charge in [0.1, 0.15) is 0 Å². The normalized spacial score (nSPS) is 15.6. The summed E-state index contributed by atoms with van der Waals surface area (Å²) in [4.78, 5) is 10.3. The second kappa shape index (κ2) is 7.89. The van der Waals surface area contributed by atoms with Crippen LogP contribution in [0.5, 0.6) is 0 Å². The van der Waals surface area contributed by atoms with Gasteiger partial charge in [0.05, 0.1) is 12.2 Å². The van der Waals surface area contributed by atoms with Crippen LogP contribution < -0.4 is 11.1 Å². The summed E-state index contributed by atoms with van der Waals surface area (Å²) in [6.07, 6.45) is 0.670. The summed E-state index contributed by atoms with van der Waals surface area (Å²) < 4.78 is 0. The van der Waals surface area contributed by atoms with Gasteiger partial charge in [0.25, 0.3) is 0 Å². The van der Waals surface area contributed by atoms with Gasteiger partial charge >= 0.3 is 0 Å². The van der Waals surface area contributed by atoms with Crippen LogP contribution in [0.3, 0.4) is 0 Å². The number of anilines is 1. The molecule has 106 valence electrons. The molecule has 3 atom stereocenters. The first-order chi connectivity index (χ1) is 9.06. The summed E-state index contributed by atoms with van der Waals surface area (Å²) in [5.74, 6) is 0.182. The average Bonchev–Trinajstić information content (AvgIpc) is 2.39. The lowest BCUT2D eigenvalue weighted by Gasteiger charge is -2.19. The molecule has 0 fully saturated rings. The summed E-state index contributed by atoms with van der Waals surface area (Å²) in [5.41, 5.74) is 6.85. The van der Waals surface area contributed by atoms with Crippen molar-refractivity contribution in [1.82, 2.24) is 0 Å². The number of aliphatic hydroxyl groups is 2. The first-order valence-corrected chi connectivity index (χ1v) is 6.43. The number of amides is 1. The van der Waals surface area contributed by atoms with Crippen LogP contribution in [0.4, 0.5) is 5.69 Å². The number of aliphatic hydroxyl groups excluding tert-OH is 2. The SMILES string of the molecule is CC(CC(O)CN)CC(O)c1ccc(NC=O)cc1. The lowest BCUT2D eigenvalue weighted by molar-refractivity contribution is -0.105. The first-order valence-electron chi connectivity index (χ1n) is 6.43. The Labute approximate surface area is 113 Å². The maximum absolute atomic E-state index is 10.3. The van der Waals surface area contributed by atoms with Crippen LogP contribution in [0, 0.1) is 5.92 Å². The fourth-order valence-electron chi connectivity index (χ4n) is 2.04. The maximum atomic E-state index is 10.3. The highest BCUT2D eigenvalue weighted by atomic mass is 16.3. The zero-order valence-electron chi connectivity index (χ0n) is 11.1. The minimum absolute atomic E-state index is 0.182. The molecular formula is C14H22N2O3. The van der Waals surface area contributed by atoms with E-state index in [1.54, 1.807) is 24.3 Å². The van der Waals surface area contributed by atoms with E-state index in [0.29, 0.717) is 24.9 Å². The number of benzene rings is 1. The Morgan fingerprint density at radius 2 is 1.89 bits per heavy atom. The van der Waals surface area contributed by atoms with Gasteiger partial charge in [-0.3, -0.25) is 4.79 Å². The van der Waals surface area contributed by atoms with Gasteiger partial charge < -0.3 is 21.3 Å². The van der Waals surface area contributed by atoms with E-state index in [9.17, 15) is 15.0 Å². The molecule has 0 aromatic heterocycles. The number of hydrogen-bond donors (Lipinski definition) is 4. The van der Waals surface area contributed by atoms with E-state index in [0.717, 1.165) is 5.56 Å². The van der Waals surface area contributed by atoms with Crippen LogP contribution in [-0.2, 0) is 4.79 Å². The molecule has 1 aromatic rings. The van der Waals surface area contributed by atoms with Gasteiger partial charge in [0, 0.05) is 12.2 Å². The Hall–Kier alpha value is -1.43. The second-order valence-corrected chi connectivity index (χ2v) is 4.87. The Kier molecular flexibility index (Phi) is 6.49. The molecule has 5 nitrogen and oxygen atoms in total. The quantitative estimate of drug-likeness (QED) is 0.528. The van der Waals surface area contributed by atoms with Crippen molar-refractivity contribution in [2.75, 3.05) is 11.9 Å². The van der Waals surface area contributed by atoms with E-state index < -0.39 is 12.2 Å². The highest BCUT2D eigenvalue weighted by Crippen LogP contribution is 2.24. The van der Waals surface area contributed by atoms with E-state index in [4.69, 9.17) is 5.73 Å². The fourth-order valence-corrected chi connectivity index (χ4v) is 2.04. The van der Waals surface area contributed by atoms with Crippen molar-refractivity contribution in [2.24, 2.45) is 11.7 Å². The summed E-state index contributed by atoms with van der Waals surface area (Å²) in [6.45, 7) is 2.22. The molecule has 0 spiro atoms. The Balaban J connectivity index is 2.52. The number of nitrogens with two attached hydrogens (primary N) is 1. The van der Waals surface area contributed by atoms with Gasteiger partial charge in [-0.1, -0.05) is 19.1 Å². The van der Waals surface area contributed by atoms with Crippen molar-refractivity contribution in [1.29, 1.82) is 0 Å². The van der Waals surface area contributed by atoms with Crippen molar-refractivity contribution >= 4 is 12.1 Å². The summed E-state index contributed by atoms with van der Waals surface area (Å²) in [5, 5.41) is 22.1. The van der Waals surface area contributed by atoms with E-state index >= 15 is 0 Å². The van der Waals surface area contributed by atoms with Gasteiger partial charge in [-0.2, -0.15) is 0 Å². The molecule has 0 saturated carbocycles. The highest BCUT2D eigenvalue weighted by molar-refractivity contribution is 5.71. The van der Waals surface area contributed by atoms with Gasteiger partial charge in [0.15, 0.2) is 0 Å². The molecule has 0 saturated heterocycles. The number of hydrogen-bond acceptors (Lipinski definition) is 4. The molecule has 0 aliphatic heterocycles. The predicted octanol–water partition coefficient (Wildman–Crippen LogP) is 1.02. The monoisotopic (exact) mass is 266 g/mol. The average molecular weight is 266 g/mol. The third kappa shape index (κ3) is 5.38. The molecule has 3 unspecified atom stereocenters. The minimum Gasteiger partial charge on any atom is -0.392 e. The number of carbonyl (C=O) groups is 1. The number of carbonyl (C=O) groups excluding carboxylic acids is 1. The van der Waals surface area contributed by atoms with Gasteiger partial charge in [0.2, 0.25) is 6.41 Å². The summed E-state index contributed by atoms with van der Waals surface area (Å²) in [6, 6.07) is 7.05. The maximum Gasteiger partial charge on any atom is 0.211 e. The Bertz CT molecular complexity index is 381. The third-order valence-electron chi connectivity index (χ3n) is 3.09. The largest absolute Gasteiger partial charge is 0.392 e. The molecule has 5 heteroatoms. The highest BCUT2D eigenvalue weighted by Gasteiger charge is 2.15. The molecule has 1 amide bonds. The number of rotatable bonds is 8. The van der Waals surface area contributed by atoms with E-state index in [1.165, 1.54) is 0 Å². The topological polar surface area (TPSA) is 95.6 Å². The van der Waals surface area contributed by atoms with Crippen molar-refractivity contribution in [3.8, 4) is 0 Å². The summed E-state index contributed by atoms with van der Waals surface area (Å²) >= 11 is 0. The van der Waals surface area contributed by atoms with Gasteiger partial charge in [-0.15, -0.1) is 0 Å². The number of nitrogens with one attached hydrogen (secondary N) is 1. The van der Waals surface area contributed by atoms with Crippen LogP contribution in [0.25, 0.3) is 0 Å². The first kappa shape index (κ1) is 15.6. The molecule has 0 aliphatic carbocycles. The minimum atomic E-state index is -0.578. The van der Waals surface area contributed by atoms with Crippen LogP contribution in [0.2, 0.25) is 0 Å². The second-order valence-electron chi connectivity index (χ2n) is 4.87. The molecule has 19 heavy (non-hydrogen) atoms. The molecule has 0 heterocycles. The van der Waals surface area contributed by atoms with Crippen LogP contribution in [-0.4, -0.2) is 29.3 Å². The fraction of sp³-hybridized carbons (Fsp3) is 0.500. The Morgan fingerprint density at radius 3 is 2.42 bits per heavy atom. The molecule has 0 bridgehead atoms. The Morgan fingerprint density at radius 1 is 1.26 bits per heavy atom. The standard InChI is InChI=1S/C14H22N2O3/c1-10(6-13(18)8-15)7-14(19)11-2-4-12(5-3-11)16-9-17/h2-5,9-10,13-14,18-19H,6-8,15H2,1H3,(H,16,17). The molecule has 1 aromatic carbocycles. The van der Waals surface area contributed by atoms with Gasteiger partial charge in [-0.25, -0.2) is 0 Å². The smallest absolute Gasteiger partial charge is 0.211 e. The van der Waals surface area contributed by atoms with Crippen LogP contribution in [0.15, 0.2) is 24.3 Å². The predicted molar refractivity (Wildman–Crippen MR) is 74.5 cm³/mol. The zero-order chi connectivity index (χ0) is 14.3. The van der Waals surface area contributed by atoms with E-state index in [2.05, 4.69) is 5.32 Å². The molecule has 0 aliphatic rings. The molecule has 1 rings (SSSR count). The van der Waals surface area contributed by atoms with Crippen LogP contribution >= 0.6 is 0 Å². The lowest BCUT2D eigenvalue weighted by Crippen LogP contribution is -2.22. The van der Waals surface area contributed by atoms with E-state index in [-0.39, 0.29) is 12.5 Å². The van der Waals surface area contributed by atoms with Crippen molar-refractivity contribution < 1.29 is 15.0 Å². The van der Waals surface area contributed by atoms with E-state index in [1.807, 2.05) is 6.92 Å². The third-order valence-corrected chi connectivity index (χ3v) is 3.09. The molecular weight excluding hydrogens is 244 g/mol. The van der Waals surface area contributed by atoms with Gasteiger partial charge in [-0.05, 0) is 36.5 Å². The van der Waals surface area contributed by atoms with Crippen molar-refractivity contribution in [3.05, 3.63) is 29.8 Å². The molecule has 0 radical (unpaired) electrons. The zero-order valence-corrected chi connectivity index (χ0v) is 11.1. The summed E-state index contributed by atoms with van der Waals surface area (Å²) in [7, 11) is 0. The molecule has 5 N–H and O–H groups in total. The van der Waals surface area contributed by atoms with Crippen LogP contribution in [0.1, 0.15) is 31.4 Å². The van der Waals surface area contributed by atoms with Crippen molar-refractivity contribution in [3.63, 3.8) is 0 Å². The lowest BCUT2D eigenvalue weighted by atomic mass is 9.93. The van der Waals surface area contributed by atoms with Crippen molar-refractivity contribution in [2.45, 2.75) is 32.0 Å².